The summed E-state index contributed by atoms with van der Waals surface area (Å²) in [6.45, 7) is 2.02. The highest BCUT2D eigenvalue weighted by Crippen LogP contribution is 2.51. The van der Waals surface area contributed by atoms with Gasteiger partial charge in [-0.3, -0.25) is 4.79 Å². The van der Waals surface area contributed by atoms with Crippen LogP contribution in [0.15, 0.2) is 41.8 Å². The number of benzene rings is 1. The maximum Gasteiger partial charge on any atom is 0.183 e. The van der Waals surface area contributed by atoms with Gasteiger partial charge in [0.15, 0.2) is 5.78 Å². The van der Waals surface area contributed by atoms with Crippen LogP contribution in [0.25, 0.3) is 0 Å². The molecule has 0 aliphatic heterocycles. The third-order valence-electron chi connectivity index (χ3n) is 3.58. The van der Waals surface area contributed by atoms with Crippen LogP contribution in [0.3, 0.4) is 0 Å². The van der Waals surface area contributed by atoms with Crippen molar-refractivity contribution in [3.8, 4) is 0 Å². The second-order valence-electron chi connectivity index (χ2n) is 4.71. The van der Waals surface area contributed by atoms with E-state index in [1.807, 2.05) is 36.6 Å². The lowest BCUT2D eigenvalue weighted by atomic mass is 9.90. The van der Waals surface area contributed by atoms with Gasteiger partial charge in [0.1, 0.15) is 0 Å². The Morgan fingerprint density at radius 1 is 1.18 bits per heavy atom. The Morgan fingerprint density at radius 3 is 2.41 bits per heavy atom. The fourth-order valence-corrected chi connectivity index (χ4v) is 3.32. The molecule has 1 aromatic carbocycles. The quantitative estimate of drug-likeness (QED) is 0.744. The van der Waals surface area contributed by atoms with Crippen LogP contribution >= 0.6 is 11.3 Å². The summed E-state index contributed by atoms with van der Waals surface area (Å²) in [5, 5.41) is 2.00. The van der Waals surface area contributed by atoms with E-state index >= 15 is 0 Å². The second kappa shape index (κ2) is 3.81. The minimum atomic E-state index is -0.211. The molecule has 0 unspecified atom stereocenters. The van der Waals surface area contributed by atoms with Gasteiger partial charge in [0, 0.05) is 0 Å². The summed E-state index contributed by atoms with van der Waals surface area (Å²) in [6, 6.07) is 12.2. The van der Waals surface area contributed by atoms with E-state index in [1.54, 1.807) is 11.3 Å². The molecule has 3 rings (SSSR count). The molecule has 1 aromatic heterocycles. The maximum atomic E-state index is 12.6. The number of Topliss-reactive ketones (excluding diaryl/α,β-unsaturated/α-hetero) is 1. The second-order valence-corrected chi connectivity index (χ2v) is 5.63. The van der Waals surface area contributed by atoms with E-state index in [9.17, 15) is 4.79 Å². The van der Waals surface area contributed by atoms with Crippen LogP contribution in [0, 0.1) is 6.92 Å². The molecular formula is C15H14OS. The number of ketones is 1. The largest absolute Gasteiger partial charge is 0.292 e. The molecule has 0 spiro atoms. The highest BCUT2D eigenvalue weighted by Gasteiger charge is 2.51. The van der Waals surface area contributed by atoms with Crippen molar-refractivity contribution < 1.29 is 4.79 Å². The molecule has 0 radical (unpaired) electrons. The highest BCUT2D eigenvalue weighted by molar-refractivity contribution is 7.12. The molecule has 17 heavy (non-hydrogen) atoms. The fraction of sp³-hybridized carbons (Fsp3) is 0.267. The molecule has 1 aliphatic rings. The van der Waals surface area contributed by atoms with Crippen molar-refractivity contribution in [3.63, 3.8) is 0 Å². The molecule has 0 saturated heterocycles. The van der Waals surface area contributed by atoms with E-state index < -0.39 is 0 Å². The van der Waals surface area contributed by atoms with Gasteiger partial charge in [0.2, 0.25) is 0 Å². The molecule has 0 amide bonds. The standard InChI is InChI=1S/C15H14OS/c1-11-7-10-17-13(11)14(16)15(8-9-15)12-5-3-2-4-6-12/h2-7,10H,8-9H2,1H3. The van der Waals surface area contributed by atoms with Gasteiger partial charge in [-0.05, 0) is 42.3 Å². The summed E-state index contributed by atoms with van der Waals surface area (Å²) < 4.78 is 0. The van der Waals surface area contributed by atoms with Crippen LogP contribution < -0.4 is 0 Å². The smallest absolute Gasteiger partial charge is 0.183 e. The lowest BCUT2D eigenvalue weighted by Gasteiger charge is -2.13. The first-order valence-electron chi connectivity index (χ1n) is 5.88. The number of thiophene rings is 1. The maximum absolute atomic E-state index is 12.6. The summed E-state index contributed by atoms with van der Waals surface area (Å²) in [5.41, 5.74) is 2.08. The van der Waals surface area contributed by atoms with Crippen molar-refractivity contribution in [1.82, 2.24) is 0 Å². The predicted molar refractivity (Wildman–Crippen MR) is 70.7 cm³/mol. The number of hydrogen-bond donors (Lipinski definition) is 0. The summed E-state index contributed by atoms with van der Waals surface area (Å²) in [7, 11) is 0. The van der Waals surface area contributed by atoms with Gasteiger partial charge < -0.3 is 0 Å². The highest BCUT2D eigenvalue weighted by atomic mass is 32.1. The Morgan fingerprint density at radius 2 is 1.88 bits per heavy atom. The molecule has 2 heteroatoms. The van der Waals surface area contributed by atoms with Crippen molar-refractivity contribution in [2.24, 2.45) is 0 Å². The van der Waals surface area contributed by atoms with E-state index in [0.717, 1.165) is 23.3 Å². The number of carbonyl (C=O) groups excluding carboxylic acids is 1. The number of hydrogen-bond acceptors (Lipinski definition) is 2. The summed E-state index contributed by atoms with van der Waals surface area (Å²) in [6.07, 6.45) is 1.99. The van der Waals surface area contributed by atoms with E-state index in [0.29, 0.717) is 5.78 Å². The molecule has 0 atom stereocenters. The van der Waals surface area contributed by atoms with Gasteiger partial charge in [-0.15, -0.1) is 11.3 Å². The van der Waals surface area contributed by atoms with Crippen molar-refractivity contribution in [2.45, 2.75) is 25.2 Å². The molecule has 0 bridgehead atoms. The molecular weight excluding hydrogens is 228 g/mol. The van der Waals surface area contributed by atoms with Gasteiger partial charge in [-0.2, -0.15) is 0 Å². The Kier molecular flexibility index (Phi) is 2.40. The van der Waals surface area contributed by atoms with Crippen LogP contribution in [0.2, 0.25) is 0 Å². The molecule has 1 heterocycles. The van der Waals surface area contributed by atoms with Gasteiger partial charge in [-0.1, -0.05) is 30.3 Å². The molecule has 1 fully saturated rings. The van der Waals surface area contributed by atoms with Crippen LogP contribution in [0.4, 0.5) is 0 Å². The van der Waals surface area contributed by atoms with E-state index in [1.165, 1.54) is 5.56 Å². The minimum Gasteiger partial charge on any atom is -0.292 e. The number of carbonyl (C=O) groups is 1. The Balaban J connectivity index is 2.00. The van der Waals surface area contributed by atoms with Crippen molar-refractivity contribution in [3.05, 3.63) is 57.8 Å². The molecule has 86 valence electrons. The van der Waals surface area contributed by atoms with Gasteiger partial charge in [0.25, 0.3) is 0 Å². The number of rotatable bonds is 3. The van der Waals surface area contributed by atoms with Gasteiger partial charge in [-0.25, -0.2) is 0 Å². The van der Waals surface area contributed by atoms with Crippen LogP contribution in [-0.2, 0) is 5.41 Å². The third-order valence-corrected chi connectivity index (χ3v) is 4.59. The van der Waals surface area contributed by atoms with Crippen LogP contribution in [0.1, 0.15) is 33.6 Å². The molecule has 1 saturated carbocycles. The molecule has 0 N–H and O–H groups in total. The first kappa shape index (κ1) is 10.7. The van der Waals surface area contributed by atoms with E-state index in [2.05, 4.69) is 12.1 Å². The molecule has 1 aliphatic carbocycles. The summed E-state index contributed by atoms with van der Waals surface area (Å²) in [4.78, 5) is 13.6. The Hall–Kier alpha value is -1.41. The first-order valence-corrected chi connectivity index (χ1v) is 6.76. The fourth-order valence-electron chi connectivity index (χ4n) is 2.35. The Bertz CT molecular complexity index is 549. The zero-order chi connectivity index (χ0) is 11.9. The predicted octanol–water partition coefficient (Wildman–Crippen LogP) is 3.97. The average molecular weight is 242 g/mol. The minimum absolute atomic E-state index is 0.211. The topological polar surface area (TPSA) is 17.1 Å². The number of aryl methyl sites for hydroxylation is 1. The van der Waals surface area contributed by atoms with Gasteiger partial charge in [0.05, 0.1) is 10.3 Å². The average Bonchev–Trinajstić information content (AvgIpc) is 3.07. The lowest BCUT2D eigenvalue weighted by molar-refractivity contribution is 0.0949. The van der Waals surface area contributed by atoms with Crippen molar-refractivity contribution in [2.75, 3.05) is 0 Å². The summed E-state index contributed by atoms with van der Waals surface area (Å²) in [5.74, 6) is 0.316. The monoisotopic (exact) mass is 242 g/mol. The van der Waals surface area contributed by atoms with Crippen molar-refractivity contribution in [1.29, 1.82) is 0 Å². The molecule has 2 aromatic rings. The van der Waals surface area contributed by atoms with Crippen LogP contribution in [0.5, 0.6) is 0 Å². The normalized spacial score (nSPS) is 16.8. The van der Waals surface area contributed by atoms with E-state index in [4.69, 9.17) is 0 Å². The third kappa shape index (κ3) is 1.64. The van der Waals surface area contributed by atoms with Gasteiger partial charge >= 0.3 is 0 Å². The zero-order valence-electron chi connectivity index (χ0n) is 9.77. The van der Waals surface area contributed by atoms with Crippen LogP contribution in [-0.4, -0.2) is 5.78 Å². The summed E-state index contributed by atoms with van der Waals surface area (Å²) >= 11 is 1.57. The zero-order valence-corrected chi connectivity index (χ0v) is 10.6. The first-order chi connectivity index (χ1) is 8.24. The SMILES string of the molecule is Cc1ccsc1C(=O)C1(c2ccccc2)CC1. The van der Waals surface area contributed by atoms with Crippen molar-refractivity contribution >= 4 is 17.1 Å². The lowest BCUT2D eigenvalue weighted by Crippen LogP contribution is -2.20. The Labute approximate surface area is 105 Å². The van der Waals surface area contributed by atoms with E-state index in [-0.39, 0.29) is 5.41 Å². The molecule has 1 nitrogen and oxygen atoms in total.